The molecule has 0 radical (unpaired) electrons. The van der Waals surface area contributed by atoms with E-state index in [0.717, 1.165) is 29.1 Å². The lowest BCUT2D eigenvalue weighted by molar-refractivity contribution is 0.954. The Hall–Kier alpha value is -1.74. The van der Waals surface area contributed by atoms with Gasteiger partial charge in [0.05, 0.1) is 11.4 Å². The standard InChI is InChI=1S/C15H12N2S/c18-13-6-2-5-12-14(13)16-9-11-4-1-3-10-7-8-17(12)15(10)11/h2,4-9,18H,1,3H2. The first-order chi connectivity index (χ1) is 8.84. The molecule has 1 aliphatic heterocycles. The first kappa shape index (κ1) is 10.2. The topological polar surface area (TPSA) is 17.3 Å². The van der Waals surface area contributed by atoms with Crippen molar-refractivity contribution in [2.45, 2.75) is 17.7 Å². The van der Waals surface area contributed by atoms with Crippen LogP contribution < -0.4 is 0 Å². The van der Waals surface area contributed by atoms with Crippen LogP contribution in [-0.2, 0) is 6.42 Å². The molecule has 2 aliphatic rings. The number of aromatic nitrogens is 1. The Bertz CT molecular complexity index is 707. The summed E-state index contributed by atoms with van der Waals surface area (Å²) in [5.41, 5.74) is 6.00. The predicted octanol–water partition coefficient (Wildman–Crippen LogP) is 3.81. The van der Waals surface area contributed by atoms with E-state index in [0.29, 0.717) is 0 Å². The average molecular weight is 252 g/mol. The van der Waals surface area contributed by atoms with Gasteiger partial charge in [0.2, 0.25) is 0 Å². The summed E-state index contributed by atoms with van der Waals surface area (Å²) in [5.74, 6) is 0. The SMILES string of the molecule is Sc1cccc2c1N=CC1=CCCc3ccn-2c31. The predicted molar refractivity (Wildman–Crippen MR) is 77.5 cm³/mol. The highest BCUT2D eigenvalue weighted by Gasteiger charge is 2.21. The van der Waals surface area contributed by atoms with Gasteiger partial charge in [-0.25, -0.2) is 0 Å². The molecule has 2 aromatic rings. The summed E-state index contributed by atoms with van der Waals surface area (Å²) in [5, 5.41) is 0. The highest BCUT2D eigenvalue weighted by molar-refractivity contribution is 7.80. The van der Waals surface area contributed by atoms with Crippen molar-refractivity contribution in [3.05, 3.63) is 47.8 Å². The van der Waals surface area contributed by atoms with Crippen molar-refractivity contribution in [3.8, 4) is 5.69 Å². The van der Waals surface area contributed by atoms with Crippen molar-refractivity contribution in [2.24, 2.45) is 4.99 Å². The fourth-order valence-electron chi connectivity index (χ4n) is 2.77. The Morgan fingerprint density at radius 3 is 3.11 bits per heavy atom. The van der Waals surface area contributed by atoms with Gasteiger partial charge in [-0.15, -0.1) is 12.6 Å². The number of fused-ring (bicyclic) bond motifs is 2. The minimum Gasteiger partial charge on any atom is -0.314 e. The molecule has 4 rings (SSSR count). The van der Waals surface area contributed by atoms with Crippen LogP contribution in [0.1, 0.15) is 17.7 Å². The third kappa shape index (κ3) is 1.28. The summed E-state index contributed by atoms with van der Waals surface area (Å²) in [6.45, 7) is 0. The number of allylic oxidation sites excluding steroid dienone is 2. The van der Waals surface area contributed by atoms with E-state index in [1.54, 1.807) is 0 Å². The zero-order valence-corrected chi connectivity index (χ0v) is 10.7. The Kier molecular flexibility index (Phi) is 2.06. The van der Waals surface area contributed by atoms with E-state index in [2.05, 4.69) is 46.6 Å². The van der Waals surface area contributed by atoms with Gasteiger partial charge in [-0.1, -0.05) is 12.1 Å². The highest BCUT2D eigenvalue weighted by Crippen LogP contribution is 2.38. The lowest BCUT2D eigenvalue weighted by Gasteiger charge is -2.14. The third-order valence-corrected chi connectivity index (χ3v) is 3.97. The number of thiol groups is 1. The molecule has 0 saturated heterocycles. The minimum absolute atomic E-state index is 0.922. The lowest BCUT2D eigenvalue weighted by Crippen LogP contribution is -2.03. The second-order valence-electron chi connectivity index (χ2n) is 4.66. The van der Waals surface area contributed by atoms with E-state index in [9.17, 15) is 0 Å². The summed E-state index contributed by atoms with van der Waals surface area (Å²) < 4.78 is 2.24. The molecule has 0 amide bonds. The number of hydrogen-bond donors (Lipinski definition) is 1. The molecular formula is C15H12N2S. The zero-order chi connectivity index (χ0) is 12.1. The van der Waals surface area contributed by atoms with Crippen LogP contribution in [0.15, 0.2) is 46.4 Å². The number of aliphatic imine (C=N–C) groups is 1. The van der Waals surface area contributed by atoms with Crippen LogP contribution in [0.5, 0.6) is 0 Å². The Balaban J connectivity index is 2.12. The van der Waals surface area contributed by atoms with Crippen molar-refractivity contribution in [3.63, 3.8) is 0 Å². The van der Waals surface area contributed by atoms with Gasteiger partial charge < -0.3 is 4.57 Å². The van der Waals surface area contributed by atoms with Crippen LogP contribution >= 0.6 is 12.6 Å². The van der Waals surface area contributed by atoms with E-state index < -0.39 is 0 Å². The highest BCUT2D eigenvalue weighted by atomic mass is 32.1. The number of hydrogen-bond acceptors (Lipinski definition) is 2. The first-order valence-corrected chi connectivity index (χ1v) is 6.56. The van der Waals surface area contributed by atoms with Crippen molar-refractivity contribution in [2.75, 3.05) is 0 Å². The Morgan fingerprint density at radius 1 is 1.22 bits per heavy atom. The zero-order valence-electron chi connectivity index (χ0n) is 9.80. The molecule has 2 nitrogen and oxygen atoms in total. The number of nitrogens with zero attached hydrogens (tertiary/aromatic N) is 2. The van der Waals surface area contributed by atoms with E-state index in [1.165, 1.54) is 16.8 Å². The molecule has 1 aromatic heterocycles. The molecular weight excluding hydrogens is 240 g/mol. The minimum atomic E-state index is 0.922. The second-order valence-corrected chi connectivity index (χ2v) is 5.14. The molecule has 18 heavy (non-hydrogen) atoms. The van der Waals surface area contributed by atoms with E-state index in [-0.39, 0.29) is 0 Å². The maximum atomic E-state index is 4.61. The summed E-state index contributed by atoms with van der Waals surface area (Å²) in [6, 6.07) is 8.33. The molecule has 1 aliphatic carbocycles. The van der Waals surface area contributed by atoms with Crippen LogP contribution in [-0.4, -0.2) is 10.8 Å². The van der Waals surface area contributed by atoms with E-state index >= 15 is 0 Å². The van der Waals surface area contributed by atoms with Crippen LogP contribution in [0.25, 0.3) is 11.3 Å². The second kappa shape index (κ2) is 3.62. The van der Waals surface area contributed by atoms with Crippen LogP contribution in [0.2, 0.25) is 0 Å². The Labute approximate surface area is 111 Å². The van der Waals surface area contributed by atoms with Gasteiger partial charge in [0.25, 0.3) is 0 Å². The normalized spacial score (nSPS) is 15.7. The van der Waals surface area contributed by atoms with Gasteiger partial charge in [0, 0.05) is 22.9 Å². The molecule has 0 unspecified atom stereocenters. The molecule has 0 spiro atoms. The molecule has 2 heterocycles. The maximum Gasteiger partial charge on any atom is 0.100 e. The van der Waals surface area contributed by atoms with Gasteiger partial charge in [-0.05, 0) is 36.6 Å². The van der Waals surface area contributed by atoms with Crippen molar-refractivity contribution in [1.29, 1.82) is 0 Å². The molecule has 88 valence electrons. The van der Waals surface area contributed by atoms with Gasteiger partial charge in [-0.2, -0.15) is 0 Å². The summed E-state index contributed by atoms with van der Waals surface area (Å²) >= 11 is 4.51. The fourth-order valence-corrected chi connectivity index (χ4v) is 3.03. The Morgan fingerprint density at radius 2 is 2.17 bits per heavy atom. The number of para-hydroxylation sites is 1. The third-order valence-electron chi connectivity index (χ3n) is 3.61. The molecule has 0 saturated carbocycles. The maximum absolute atomic E-state index is 4.61. The first-order valence-electron chi connectivity index (χ1n) is 6.12. The molecule has 0 atom stereocenters. The fraction of sp³-hybridized carbons (Fsp3) is 0.133. The molecule has 0 bridgehead atoms. The van der Waals surface area contributed by atoms with E-state index in [4.69, 9.17) is 0 Å². The number of benzene rings is 1. The summed E-state index contributed by atoms with van der Waals surface area (Å²) in [7, 11) is 0. The van der Waals surface area contributed by atoms with Crippen LogP contribution in [0.4, 0.5) is 5.69 Å². The van der Waals surface area contributed by atoms with Crippen LogP contribution in [0.3, 0.4) is 0 Å². The smallest absolute Gasteiger partial charge is 0.100 e. The lowest BCUT2D eigenvalue weighted by atomic mass is 9.98. The van der Waals surface area contributed by atoms with Crippen molar-refractivity contribution >= 4 is 30.1 Å². The molecule has 0 fully saturated rings. The average Bonchev–Trinajstić information content (AvgIpc) is 2.73. The molecule has 3 heteroatoms. The van der Waals surface area contributed by atoms with Gasteiger partial charge in [-0.3, -0.25) is 4.99 Å². The van der Waals surface area contributed by atoms with Gasteiger partial charge >= 0.3 is 0 Å². The summed E-state index contributed by atoms with van der Waals surface area (Å²) in [4.78, 5) is 5.53. The van der Waals surface area contributed by atoms with Crippen molar-refractivity contribution in [1.82, 2.24) is 4.57 Å². The van der Waals surface area contributed by atoms with Crippen molar-refractivity contribution < 1.29 is 0 Å². The largest absolute Gasteiger partial charge is 0.314 e. The number of rotatable bonds is 0. The van der Waals surface area contributed by atoms with Gasteiger partial charge in [0.15, 0.2) is 0 Å². The summed E-state index contributed by atoms with van der Waals surface area (Å²) in [6.07, 6.45) is 8.61. The molecule has 0 N–H and O–H groups in total. The quantitative estimate of drug-likeness (QED) is 0.687. The number of aryl methyl sites for hydroxylation is 1. The van der Waals surface area contributed by atoms with Crippen LogP contribution in [0, 0.1) is 0 Å². The van der Waals surface area contributed by atoms with Gasteiger partial charge in [0.1, 0.15) is 5.69 Å². The molecule has 1 aromatic carbocycles. The van der Waals surface area contributed by atoms with E-state index in [1.807, 2.05) is 18.3 Å². The monoisotopic (exact) mass is 252 g/mol.